The summed E-state index contributed by atoms with van der Waals surface area (Å²) in [6, 6.07) is 3.46. The molecule has 0 aliphatic carbocycles. The van der Waals surface area contributed by atoms with Gasteiger partial charge in [0.1, 0.15) is 24.5 Å². The topological polar surface area (TPSA) is 146 Å². The average Bonchev–Trinajstić information content (AvgIpc) is 3.34. The quantitative estimate of drug-likeness (QED) is 0.346. The third-order valence-electron chi connectivity index (χ3n) is 5.72. The molecule has 0 aromatic heterocycles. The fourth-order valence-electron chi connectivity index (χ4n) is 4.18. The van der Waals surface area contributed by atoms with Gasteiger partial charge in [-0.05, 0) is 37.9 Å². The normalized spacial score (nSPS) is 23.9. The molecule has 0 saturated carbocycles. The number of amidine groups is 1. The number of nitrogen functional groups attached to an aromatic ring is 1. The van der Waals surface area contributed by atoms with Gasteiger partial charge < -0.3 is 15.8 Å². The van der Waals surface area contributed by atoms with Crippen LogP contribution in [0.3, 0.4) is 0 Å². The van der Waals surface area contributed by atoms with Gasteiger partial charge in [-0.25, -0.2) is 0 Å². The molecule has 0 bridgehead atoms. The molecular formula is C20H23N5O5. The van der Waals surface area contributed by atoms with E-state index in [9.17, 15) is 19.2 Å². The van der Waals surface area contributed by atoms with Gasteiger partial charge in [0.25, 0.3) is 11.8 Å². The Labute approximate surface area is 172 Å². The van der Waals surface area contributed by atoms with Gasteiger partial charge in [-0.2, -0.15) is 0 Å². The first-order valence-corrected chi connectivity index (χ1v) is 9.95. The first kappa shape index (κ1) is 20.0. The molecule has 2 atom stereocenters. The standard InChI is InChI=1S/C20H23N5O5/c21-12-4-1-3-11-16(12)17(22)25(18(11)27)14-6-7-15(26)24(19(14)28)9-10-30-20(29)13-5-2-8-23-13/h1,3-4,13-14,22-23H,2,5-10,21H2/t13-,14?/m0/s1. The highest BCUT2D eigenvalue weighted by molar-refractivity contribution is 6.26. The minimum atomic E-state index is -0.971. The van der Waals surface area contributed by atoms with E-state index >= 15 is 0 Å². The summed E-state index contributed by atoms with van der Waals surface area (Å²) in [6.45, 7) is 0.560. The van der Waals surface area contributed by atoms with Crippen LogP contribution < -0.4 is 11.1 Å². The van der Waals surface area contributed by atoms with Crippen LogP contribution in [-0.2, 0) is 19.1 Å². The predicted molar refractivity (Wildman–Crippen MR) is 106 cm³/mol. The molecule has 1 unspecified atom stereocenters. The molecular weight excluding hydrogens is 390 g/mol. The number of amides is 3. The highest BCUT2D eigenvalue weighted by atomic mass is 16.5. The molecule has 0 radical (unpaired) electrons. The smallest absolute Gasteiger partial charge is 0.323 e. The molecule has 3 heterocycles. The van der Waals surface area contributed by atoms with Gasteiger partial charge in [0.15, 0.2) is 0 Å². The number of rotatable bonds is 5. The molecule has 10 nitrogen and oxygen atoms in total. The first-order chi connectivity index (χ1) is 14.4. The van der Waals surface area contributed by atoms with Crippen molar-refractivity contribution < 1.29 is 23.9 Å². The number of likely N-dealkylation sites (tertiary alicyclic amines) is 1. The van der Waals surface area contributed by atoms with Crippen molar-refractivity contribution in [3.8, 4) is 0 Å². The highest BCUT2D eigenvalue weighted by Crippen LogP contribution is 2.31. The number of anilines is 1. The number of esters is 1. The minimum Gasteiger partial charge on any atom is -0.463 e. The first-order valence-electron chi connectivity index (χ1n) is 9.95. The molecule has 3 amide bonds. The minimum absolute atomic E-state index is 0.0530. The fourth-order valence-corrected chi connectivity index (χ4v) is 4.18. The molecule has 2 saturated heterocycles. The molecule has 4 rings (SSSR count). The molecule has 4 N–H and O–H groups in total. The van der Waals surface area contributed by atoms with Crippen LogP contribution in [0.25, 0.3) is 0 Å². The van der Waals surface area contributed by atoms with Crippen LogP contribution in [0.5, 0.6) is 0 Å². The van der Waals surface area contributed by atoms with E-state index in [1.165, 1.54) is 0 Å². The molecule has 3 aliphatic heterocycles. The fraction of sp³-hybridized carbons (Fsp3) is 0.450. The lowest BCUT2D eigenvalue weighted by Crippen LogP contribution is -2.56. The van der Waals surface area contributed by atoms with Gasteiger partial charge in [-0.15, -0.1) is 0 Å². The zero-order valence-corrected chi connectivity index (χ0v) is 16.3. The predicted octanol–water partition coefficient (Wildman–Crippen LogP) is -0.137. The number of hydrogen-bond donors (Lipinski definition) is 3. The van der Waals surface area contributed by atoms with Crippen LogP contribution >= 0.6 is 0 Å². The van der Waals surface area contributed by atoms with Crippen LogP contribution in [0.2, 0.25) is 0 Å². The Kier molecular flexibility index (Phi) is 5.25. The molecule has 2 fully saturated rings. The molecule has 1 aromatic rings. The summed E-state index contributed by atoms with van der Waals surface area (Å²) in [5.41, 5.74) is 6.79. The lowest BCUT2D eigenvalue weighted by Gasteiger charge is -2.35. The monoisotopic (exact) mass is 413 g/mol. The van der Waals surface area contributed by atoms with E-state index in [1.54, 1.807) is 18.2 Å². The number of ether oxygens (including phenoxy) is 1. The van der Waals surface area contributed by atoms with Crippen molar-refractivity contribution in [1.29, 1.82) is 5.41 Å². The van der Waals surface area contributed by atoms with Gasteiger partial charge in [0.2, 0.25) is 5.91 Å². The number of hydrogen-bond acceptors (Lipinski definition) is 8. The largest absolute Gasteiger partial charge is 0.463 e. The summed E-state index contributed by atoms with van der Waals surface area (Å²) in [4.78, 5) is 52.3. The van der Waals surface area contributed by atoms with E-state index in [0.29, 0.717) is 12.0 Å². The summed E-state index contributed by atoms with van der Waals surface area (Å²) >= 11 is 0. The summed E-state index contributed by atoms with van der Waals surface area (Å²) in [6.07, 6.45) is 1.78. The maximum atomic E-state index is 13.0. The molecule has 3 aliphatic rings. The number of imide groups is 1. The third-order valence-corrected chi connectivity index (χ3v) is 5.72. The van der Waals surface area contributed by atoms with Crippen molar-refractivity contribution in [3.05, 3.63) is 29.3 Å². The van der Waals surface area contributed by atoms with E-state index < -0.39 is 23.8 Å². The third kappa shape index (κ3) is 3.32. The SMILES string of the molecule is N=C1c2c(N)cccc2C(=O)N1C1CCC(=O)N(CCOC(=O)[C@@H]2CCCN2)C1=O. The van der Waals surface area contributed by atoms with Gasteiger partial charge in [-0.1, -0.05) is 6.07 Å². The van der Waals surface area contributed by atoms with Crippen molar-refractivity contribution in [2.75, 3.05) is 25.4 Å². The molecule has 10 heteroatoms. The van der Waals surface area contributed by atoms with Crippen LogP contribution in [0.4, 0.5) is 5.69 Å². The second-order valence-corrected chi connectivity index (χ2v) is 7.55. The van der Waals surface area contributed by atoms with Crippen LogP contribution in [0.15, 0.2) is 18.2 Å². The Morgan fingerprint density at radius 3 is 2.77 bits per heavy atom. The van der Waals surface area contributed by atoms with E-state index in [4.69, 9.17) is 15.9 Å². The van der Waals surface area contributed by atoms with E-state index in [0.717, 1.165) is 22.8 Å². The van der Waals surface area contributed by atoms with Crippen molar-refractivity contribution in [1.82, 2.24) is 15.1 Å². The summed E-state index contributed by atoms with van der Waals surface area (Å²) < 4.78 is 5.21. The number of fused-ring (bicyclic) bond motifs is 1. The van der Waals surface area contributed by atoms with Crippen LogP contribution in [0, 0.1) is 5.41 Å². The molecule has 1 aromatic carbocycles. The number of nitrogens with two attached hydrogens (primary N) is 1. The number of carbonyl (C=O) groups is 4. The zero-order chi connectivity index (χ0) is 21.4. The Morgan fingerprint density at radius 1 is 1.27 bits per heavy atom. The summed E-state index contributed by atoms with van der Waals surface area (Å²) in [5.74, 6) is -1.98. The molecule has 0 spiro atoms. The highest BCUT2D eigenvalue weighted by Gasteiger charge is 2.45. The zero-order valence-electron chi connectivity index (χ0n) is 16.3. The maximum Gasteiger partial charge on any atom is 0.323 e. The number of carbonyl (C=O) groups excluding carboxylic acids is 4. The average molecular weight is 413 g/mol. The molecule has 158 valence electrons. The number of benzene rings is 1. The second-order valence-electron chi connectivity index (χ2n) is 7.55. The summed E-state index contributed by atoms with van der Waals surface area (Å²) in [7, 11) is 0. The van der Waals surface area contributed by atoms with E-state index in [-0.39, 0.29) is 55.0 Å². The van der Waals surface area contributed by atoms with Crippen molar-refractivity contribution >= 4 is 35.2 Å². The molecule has 30 heavy (non-hydrogen) atoms. The van der Waals surface area contributed by atoms with Crippen LogP contribution in [0.1, 0.15) is 41.6 Å². The van der Waals surface area contributed by atoms with Gasteiger partial charge >= 0.3 is 5.97 Å². The van der Waals surface area contributed by atoms with Crippen LogP contribution in [-0.4, -0.2) is 71.1 Å². The van der Waals surface area contributed by atoms with Gasteiger partial charge in [-0.3, -0.25) is 34.4 Å². The second kappa shape index (κ2) is 7.86. The van der Waals surface area contributed by atoms with Crippen molar-refractivity contribution in [3.63, 3.8) is 0 Å². The Hall–Kier alpha value is -3.27. The summed E-state index contributed by atoms with van der Waals surface area (Å²) in [5, 5.41) is 11.4. The Balaban J connectivity index is 1.44. The van der Waals surface area contributed by atoms with Crippen molar-refractivity contribution in [2.24, 2.45) is 0 Å². The van der Waals surface area contributed by atoms with Gasteiger partial charge in [0.05, 0.1) is 17.7 Å². The van der Waals surface area contributed by atoms with Gasteiger partial charge in [0, 0.05) is 12.1 Å². The van der Waals surface area contributed by atoms with E-state index in [2.05, 4.69) is 5.32 Å². The lowest BCUT2D eigenvalue weighted by molar-refractivity contribution is -0.155. The maximum absolute atomic E-state index is 13.0. The van der Waals surface area contributed by atoms with E-state index in [1.807, 2.05) is 0 Å². The number of nitrogens with one attached hydrogen (secondary N) is 2. The number of piperidine rings is 1. The Morgan fingerprint density at radius 2 is 2.07 bits per heavy atom. The Bertz CT molecular complexity index is 940. The van der Waals surface area contributed by atoms with Crippen molar-refractivity contribution in [2.45, 2.75) is 37.8 Å². The lowest BCUT2D eigenvalue weighted by atomic mass is 10.0. The number of nitrogens with zero attached hydrogens (tertiary/aromatic N) is 2.